The van der Waals surface area contributed by atoms with E-state index in [2.05, 4.69) is 15.1 Å². The first-order chi connectivity index (χ1) is 12.7. The molecule has 0 atom stereocenters. The Balaban J connectivity index is 1.35. The lowest BCUT2D eigenvalue weighted by molar-refractivity contribution is -0.131. The lowest BCUT2D eigenvalue weighted by Crippen LogP contribution is -2.48. The van der Waals surface area contributed by atoms with Crippen LogP contribution in [0.4, 0.5) is 5.13 Å². The van der Waals surface area contributed by atoms with E-state index in [9.17, 15) is 4.79 Å². The molecule has 1 aliphatic rings. The molecule has 0 unspecified atom stereocenters. The number of amides is 1. The molecule has 3 rings (SSSR count). The van der Waals surface area contributed by atoms with Gasteiger partial charge in [-0.2, -0.15) is 0 Å². The van der Waals surface area contributed by atoms with E-state index in [1.807, 2.05) is 36.1 Å². The second kappa shape index (κ2) is 8.84. The zero-order valence-electron chi connectivity index (χ0n) is 15.2. The minimum absolute atomic E-state index is 0.191. The summed E-state index contributed by atoms with van der Waals surface area (Å²) in [5.74, 6) is 1.78. The number of piperazine rings is 1. The Morgan fingerprint density at radius 3 is 2.42 bits per heavy atom. The highest BCUT2D eigenvalue weighted by molar-refractivity contribution is 7.15. The van der Waals surface area contributed by atoms with Gasteiger partial charge in [0.2, 0.25) is 11.0 Å². The molecule has 1 aromatic carbocycles. The van der Waals surface area contributed by atoms with Crippen LogP contribution in [0.5, 0.6) is 11.5 Å². The molecule has 1 fully saturated rings. The summed E-state index contributed by atoms with van der Waals surface area (Å²) in [7, 11) is 1.64. The number of benzene rings is 1. The third kappa shape index (κ3) is 4.85. The van der Waals surface area contributed by atoms with Crippen molar-refractivity contribution < 1.29 is 14.3 Å². The van der Waals surface area contributed by atoms with Crippen LogP contribution in [0, 0.1) is 6.92 Å². The van der Waals surface area contributed by atoms with E-state index in [-0.39, 0.29) is 5.91 Å². The number of carbonyl (C=O) groups is 1. The maximum Gasteiger partial charge on any atom is 0.222 e. The number of nitrogens with zero attached hydrogens (tertiary/aromatic N) is 4. The predicted octanol–water partition coefficient (Wildman–Crippen LogP) is 2.36. The van der Waals surface area contributed by atoms with Crippen LogP contribution in [0.25, 0.3) is 0 Å². The van der Waals surface area contributed by atoms with Crippen LogP contribution >= 0.6 is 11.3 Å². The number of rotatable bonds is 7. The summed E-state index contributed by atoms with van der Waals surface area (Å²) in [5, 5.41) is 10.1. The number of carbonyl (C=O) groups excluding carboxylic acids is 1. The summed E-state index contributed by atoms with van der Waals surface area (Å²) < 4.78 is 10.8. The molecule has 2 aromatic rings. The highest BCUT2D eigenvalue weighted by atomic mass is 32.1. The smallest absolute Gasteiger partial charge is 0.222 e. The van der Waals surface area contributed by atoms with Gasteiger partial charge in [0.05, 0.1) is 13.7 Å². The van der Waals surface area contributed by atoms with Gasteiger partial charge in [-0.3, -0.25) is 4.79 Å². The highest BCUT2D eigenvalue weighted by Gasteiger charge is 2.22. The molecule has 1 saturated heterocycles. The van der Waals surface area contributed by atoms with Gasteiger partial charge in [-0.25, -0.2) is 0 Å². The number of hydrogen-bond acceptors (Lipinski definition) is 7. The lowest BCUT2D eigenvalue weighted by atomic mass is 10.2. The first-order valence-electron chi connectivity index (χ1n) is 8.75. The third-order valence-corrected chi connectivity index (χ3v) is 5.18. The van der Waals surface area contributed by atoms with E-state index >= 15 is 0 Å². The summed E-state index contributed by atoms with van der Waals surface area (Å²) in [4.78, 5) is 16.5. The molecule has 7 nitrogen and oxygen atoms in total. The highest BCUT2D eigenvalue weighted by Crippen LogP contribution is 2.21. The molecular formula is C18H24N4O3S. The normalized spacial score (nSPS) is 14.4. The van der Waals surface area contributed by atoms with E-state index in [0.717, 1.165) is 47.8 Å². The van der Waals surface area contributed by atoms with Crippen LogP contribution in [-0.2, 0) is 4.79 Å². The van der Waals surface area contributed by atoms with Gasteiger partial charge < -0.3 is 19.3 Å². The Hall–Kier alpha value is -2.35. The zero-order chi connectivity index (χ0) is 18.4. The monoisotopic (exact) mass is 376 g/mol. The Morgan fingerprint density at radius 2 is 1.81 bits per heavy atom. The minimum Gasteiger partial charge on any atom is -0.497 e. The minimum atomic E-state index is 0.191. The molecule has 26 heavy (non-hydrogen) atoms. The van der Waals surface area contributed by atoms with Crippen LogP contribution in [-0.4, -0.2) is 60.9 Å². The fourth-order valence-corrected chi connectivity index (χ4v) is 3.54. The first-order valence-corrected chi connectivity index (χ1v) is 9.57. The van der Waals surface area contributed by atoms with Crippen LogP contribution in [0.1, 0.15) is 17.8 Å². The van der Waals surface area contributed by atoms with Crippen molar-refractivity contribution in [3.63, 3.8) is 0 Å². The van der Waals surface area contributed by atoms with Gasteiger partial charge in [0.15, 0.2) is 0 Å². The number of methoxy groups -OCH3 is 1. The van der Waals surface area contributed by atoms with E-state index in [1.165, 1.54) is 0 Å². The molecule has 0 radical (unpaired) electrons. The Bertz CT molecular complexity index is 711. The van der Waals surface area contributed by atoms with E-state index < -0.39 is 0 Å². The second-order valence-corrected chi connectivity index (χ2v) is 7.26. The summed E-state index contributed by atoms with van der Waals surface area (Å²) in [6.07, 6.45) is 1.22. The summed E-state index contributed by atoms with van der Waals surface area (Å²) in [5.41, 5.74) is 0. The second-order valence-electron chi connectivity index (χ2n) is 6.10. The topological polar surface area (TPSA) is 67.8 Å². The van der Waals surface area contributed by atoms with Crippen molar-refractivity contribution in [1.29, 1.82) is 0 Å². The third-order valence-electron chi connectivity index (χ3n) is 4.28. The van der Waals surface area contributed by atoms with Gasteiger partial charge in [-0.1, -0.05) is 11.3 Å². The Labute approximate surface area is 157 Å². The summed E-state index contributed by atoms with van der Waals surface area (Å²) in [6, 6.07) is 7.46. The Kier molecular flexibility index (Phi) is 6.27. The van der Waals surface area contributed by atoms with Crippen molar-refractivity contribution in [2.24, 2.45) is 0 Å². The molecule has 0 aliphatic carbocycles. The van der Waals surface area contributed by atoms with Crippen molar-refractivity contribution in [1.82, 2.24) is 15.1 Å². The molecule has 1 amide bonds. The molecule has 2 heterocycles. The Morgan fingerprint density at radius 1 is 1.12 bits per heavy atom. The zero-order valence-corrected chi connectivity index (χ0v) is 16.0. The lowest BCUT2D eigenvalue weighted by Gasteiger charge is -2.34. The molecule has 0 spiro atoms. The van der Waals surface area contributed by atoms with Crippen molar-refractivity contribution in [3.05, 3.63) is 29.3 Å². The van der Waals surface area contributed by atoms with E-state index in [0.29, 0.717) is 19.4 Å². The van der Waals surface area contributed by atoms with Gasteiger partial charge in [-0.15, -0.1) is 10.2 Å². The molecule has 140 valence electrons. The molecule has 1 aliphatic heterocycles. The fraction of sp³-hybridized carbons (Fsp3) is 0.500. The van der Waals surface area contributed by atoms with Crippen molar-refractivity contribution >= 4 is 22.4 Å². The van der Waals surface area contributed by atoms with Gasteiger partial charge in [0.25, 0.3) is 0 Å². The maximum atomic E-state index is 12.4. The van der Waals surface area contributed by atoms with Crippen LogP contribution in [0.15, 0.2) is 24.3 Å². The number of hydrogen-bond donors (Lipinski definition) is 0. The van der Waals surface area contributed by atoms with E-state index in [1.54, 1.807) is 18.4 Å². The molecule has 0 saturated carbocycles. The molecule has 8 heteroatoms. The number of ether oxygens (including phenoxy) is 2. The van der Waals surface area contributed by atoms with Crippen LogP contribution in [0.2, 0.25) is 0 Å². The number of aryl methyl sites for hydroxylation is 1. The SMILES string of the molecule is COc1ccc(OCCCC(=O)N2CCN(c3nnc(C)s3)CC2)cc1. The predicted molar refractivity (Wildman–Crippen MR) is 101 cm³/mol. The fourth-order valence-electron chi connectivity index (χ4n) is 2.80. The first kappa shape index (κ1) is 18.4. The maximum absolute atomic E-state index is 12.4. The largest absolute Gasteiger partial charge is 0.497 e. The van der Waals surface area contributed by atoms with E-state index in [4.69, 9.17) is 9.47 Å². The quantitative estimate of drug-likeness (QED) is 0.691. The van der Waals surface area contributed by atoms with Gasteiger partial charge >= 0.3 is 0 Å². The number of anilines is 1. The molecular weight excluding hydrogens is 352 g/mol. The average molecular weight is 376 g/mol. The molecule has 0 N–H and O–H groups in total. The standard InChI is InChI=1S/C18H24N4O3S/c1-14-19-20-18(26-14)22-11-9-21(10-12-22)17(23)4-3-13-25-16-7-5-15(24-2)6-8-16/h5-8H,3-4,9-13H2,1-2H3. The summed E-state index contributed by atoms with van der Waals surface area (Å²) >= 11 is 1.60. The van der Waals surface area contributed by atoms with Gasteiger partial charge in [0.1, 0.15) is 16.5 Å². The average Bonchev–Trinajstić information content (AvgIpc) is 3.12. The summed E-state index contributed by atoms with van der Waals surface area (Å²) in [6.45, 7) is 5.57. The van der Waals surface area contributed by atoms with Gasteiger partial charge in [0, 0.05) is 32.6 Å². The van der Waals surface area contributed by atoms with Crippen LogP contribution in [0.3, 0.4) is 0 Å². The molecule has 0 bridgehead atoms. The van der Waals surface area contributed by atoms with Crippen molar-refractivity contribution in [2.75, 3.05) is 44.8 Å². The van der Waals surface area contributed by atoms with Crippen LogP contribution < -0.4 is 14.4 Å². The molecule has 1 aromatic heterocycles. The number of aromatic nitrogens is 2. The van der Waals surface area contributed by atoms with Gasteiger partial charge in [-0.05, 0) is 37.6 Å². The van der Waals surface area contributed by atoms with Crippen molar-refractivity contribution in [3.8, 4) is 11.5 Å². The van der Waals surface area contributed by atoms with Crippen molar-refractivity contribution in [2.45, 2.75) is 19.8 Å².